The van der Waals surface area contributed by atoms with E-state index in [1.807, 2.05) is 42.5 Å². The van der Waals surface area contributed by atoms with Crippen molar-refractivity contribution in [2.75, 3.05) is 11.9 Å². The van der Waals surface area contributed by atoms with Crippen molar-refractivity contribution in [2.45, 2.75) is 16.0 Å². The lowest BCUT2D eigenvalue weighted by atomic mass is 10.2. The molecule has 7 heteroatoms. The van der Waals surface area contributed by atoms with Crippen LogP contribution >= 0.6 is 11.8 Å². The van der Waals surface area contributed by atoms with E-state index in [2.05, 4.69) is 5.32 Å². The fraction of sp³-hybridized carbons (Fsp3) is 0.0952. The Balaban J connectivity index is 1.63. The van der Waals surface area contributed by atoms with Crippen molar-refractivity contribution >= 4 is 23.4 Å². The zero-order chi connectivity index (χ0) is 20.0. The molecule has 0 saturated carbocycles. The molecule has 1 N–H and O–H groups in total. The van der Waals surface area contributed by atoms with Crippen molar-refractivity contribution in [3.05, 3.63) is 84.4 Å². The first-order valence-electron chi connectivity index (χ1n) is 8.34. The van der Waals surface area contributed by atoms with Crippen LogP contribution < -0.4 is 10.1 Å². The van der Waals surface area contributed by atoms with E-state index in [0.29, 0.717) is 5.69 Å². The van der Waals surface area contributed by atoms with Gasteiger partial charge in [0.15, 0.2) is 6.61 Å². The molecule has 0 radical (unpaired) electrons. The molecule has 0 fully saturated rings. The number of benzene rings is 3. The summed E-state index contributed by atoms with van der Waals surface area (Å²) in [5.74, 6) is -0.476. The first kappa shape index (κ1) is 19.8. The molecule has 0 aromatic heterocycles. The highest BCUT2D eigenvalue weighted by Gasteiger charge is 2.30. The molecule has 1 amide bonds. The molecule has 3 aromatic carbocycles. The molecular formula is C21H16F3NO2S. The molecule has 0 aliphatic carbocycles. The highest BCUT2D eigenvalue weighted by Crippen LogP contribution is 2.33. The van der Waals surface area contributed by atoms with Gasteiger partial charge in [-0.3, -0.25) is 4.79 Å². The molecule has 3 aromatic rings. The van der Waals surface area contributed by atoms with E-state index in [-0.39, 0.29) is 5.75 Å². The molecule has 28 heavy (non-hydrogen) atoms. The Bertz CT molecular complexity index is 946. The van der Waals surface area contributed by atoms with Crippen molar-refractivity contribution in [2.24, 2.45) is 0 Å². The largest absolute Gasteiger partial charge is 0.484 e. The third-order valence-corrected chi connectivity index (χ3v) is 4.75. The second kappa shape index (κ2) is 8.84. The number of amides is 1. The maximum absolute atomic E-state index is 12.7. The van der Waals surface area contributed by atoms with Crippen molar-refractivity contribution in [3.63, 3.8) is 0 Å². The SMILES string of the molecule is O=C(COc1cccc(C(F)(F)F)c1)Nc1ccccc1Sc1ccccc1. The highest BCUT2D eigenvalue weighted by atomic mass is 32.2. The van der Waals surface area contributed by atoms with E-state index in [9.17, 15) is 18.0 Å². The average Bonchev–Trinajstić information content (AvgIpc) is 2.68. The quantitative estimate of drug-likeness (QED) is 0.559. The number of anilines is 1. The van der Waals surface area contributed by atoms with E-state index in [4.69, 9.17) is 4.74 Å². The molecule has 3 nitrogen and oxygen atoms in total. The number of hydrogen-bond acceptors (Lipinski definition) is 3. The number of carbonyl (C=O) groups excluding carboxylic acids is 1. The number of para-hydroxylation sites is 1. The smallest absolute Gasteiger partial charge is 0.416 e. The van der Waals surface area contributed by atoms with Gasteiger partial charge in [0.05, 0.1) is 11.3 Å². The highest BCUT2D eigenvalue weighted by molar-refractivity contribution is 7.99. The minimum Gasteiger partial charge on any atom is -0.484 e. The van der Waals surface area contributed by atoms with Gasteiger partial charge in [-0.2, -0.15) is 13.2 Å². The summed E-state index contributed by atoms with van der Waals surface area (Å²) in [6.45, 7) is -0.397. The van der Waals surface area contributed by atoms with Gasteiger partial charge in [-0.15, -0.1) is 0 Å². The third kappa shape index (κ3) is 5.53. The minimum atomic E-state index is -4.46. The summed E-state index contributed by atoms with van der Waals surface area (Å²) >= 11 is 1.49. The number of carbonyl (C=O) groups is 1. The Labute approximate surface area is 164 Å². The number of ether oxygens (including phenoxy) is 1. The van der Waals surface area contributed by atoms with Gasteiger partial charge in [-0.25, -0.2) is 0 Å². The lowest BCUT2D eigenvalue weighted by Crippen LogP contribution is -2.20. The molecule has 0 aliphatic heterocycles. The second-order valence-corrected chi connectivity index (χ2v) is 6.89. The van der Waals surface area contributed by atoms with Gasteiger partial charge in [-0.1, -0.05) is 48.2 Å². The first-order valence-corrected chi connectivity index (χ1v) is 9.15. The molecule has 0 aliphatic rings. The summed E-state index contributed by atoms with van der Waals surface area (Å²) in [7, 11) is 0. The third-order valence-electron chi connectivity index (χ3n) is 3.66. The van der Waals surface area contributed by atoms with Crippen LogP contribution in [0.5, 0.6) is 5.75 Å². The van der Waals surface area contributed by atoms with Gasteiger partial charge in [0.25, 0.3) is 5.91 Å². The van der Waals surface area contributed by atoms with E-state index in [1.54, 1.807) is 12.1 Å². The number of hydrogen-bond donors (Lipinski definition) is 1. The van der Waals surface area contributed by atoms with Crippen LogP contribution in [0.25, 0.3) is 0 Å². The average molecular weight is 403 g/mol. The van der Waals surface area contributed by atoms with Crippen LogP contribution in [-0.2, 0) is 11.0 Å². The van der Waals surface area contributed by atoms with Crippen LogP contribution in [-0.4, -0.2) is 12.5 Å². The predicted octanol–water partition coefficient (Wildman–Crippen LogP) is 5.87. The first-order chi connectivity index (χ1) is 13.4. The molecule has 0 unspecified atom stereocenters. The Hall–Kier alpha value is -2.93. The summed E-state index contributed by atoms with van der Waals surface area (Å²) < 4.78 is 43.4. The van der Waals surface area contributed by atoms with Gasteiger partial charge in [0.2, 0.25) is 0 Å². The Morgan fingerprint density at radius 1 is 0.929 bits per heavy atom. The normalized spacial score (nSPS) is 11.1. The van der Waals surface area contributed by atoms with Gasteiger partial charge >= 0.3 is 6.18 Å². The zero-order valence-electron chi connectivity index (χ0n) is 14.6. The van der Waals surface area contributed by atoms with Crippen LogP contribution in [0.3, 0.4) is 0 Å². The molecule has 0 saturated heterocycles. The number of alkyl halides is 3. The van der Waals surface area contributed by atoms with Crippen molar-refractivity contribution < 1.29 is 22.7 Å². The van der Waals surface area contributed by atoms with Gasteiger partial charge in [-0.05, 0) is 42.5 Å². The summed E-state index contributed by atoms with van der Waals surface area (Å²) in [4.78, 5) is 14.1. The topological polar surface area (TPSA) is 38.3 Å². The molecule has 0 spiro atoms. The van der Waals surface area contributed by atoms with Gasteiger partial charge in [0.1, 0.15) is 5.75 Å². The van der Waals surface area contributed by atoms with Crippen LogP contribution in [0.2, 0.25) is 0 Å². The predicted molar refractivity (Wildman–Crippen MR) is 103 cm³/mol. The van der Waals surface area contributed by atoms with Crippen molar-refractivity contribution in [3.8, 4) is 5.75 Å². The molecule has 0 heterocycles. The van der Waals surface area contributed by atoms with E-state index >= 15 is 0 Å². The summed E-state index contributed by atoms with van der Waals surface area (Å²) in [6.07, 6.45) is -4.46. The lowest BCUT2D eigenvalue weighted by molar-refractivity contribution is -0.137. The minimum absolute atomic E-state index is 0.0167. The molecule has 144 valence electrons. The van der Waals surface area contributed by atoms with E-state index in [1.165, 1.54) is 23.9 Å². The summed E-state index contributed by atoms with van der Waals surface area (Å²) in [5.41, 5.74) is -0.219. The van der Waals surface area contributed by atoms with E-state index < -0.39 is 24.3 Å². The second-order valence-electron chi connectivity index (χ2n) is 5.77. The Morgan fingerprint density at radius 2 is 1.64 bits per heavy atom. The van der Waals surface area contributed by atoms with Crippen LogP contribution in [0.1, 0.15) is 5.56 Å². The maximum atomic E-state index is 12.7. The summed E-state index contributed by atoms with van der Waals surface area (Å²) in [6, 6.07) is 21.4. The van der Waals surface area contributed by atoms with Crippen molar-refractivity contribution in [1.82, 2.24) is 0 Å². The van der Waals surface area contributed by atoms with Crippen molar-refractivity contribution in [1.29, 1.82) is 0 Å². The van der Waals surface area contributed by atoms with Gasteiger partial charge in [0, 0.05) is 9.79 Å². The molecule has 0 atom stereocenters. The molecular weight excluding hydrogens is 387 g/mol. The number of rotatable bonds is 6. The zero-order valence-corrected chi connectivity index (χ0v) is 15.4. The Morgan fingerprint density at radius 3 is 2.39 bits per heavy atom. The fourth-order valence-electron chi connectivity index (χ4n) is 2.37. The molecule has 0 bridgehead atoms. The standard InChI is InChI=1S/C21H16F3NO2S/c22-21(23,24)15-7-6-8-16(13-15)27-14-20(26)25-18-11-4-5-12-19(18)28-17-9-2-1-3-10-17/h1-13H,14H2,(H,25,26). The number of nitrogens with one attached hydrogen (secondary N) is 1. The van der Waals surface area contributed by atoms with Gasteiger partial charge < -0.3 is 10.1 Å². The Kier molecular flexibility index (Phi) is 6.26. The molecule has 3 rings (SSSR count). The lowest BCUT2D eigenvalue weighted by Gasteiger charge is -2.12. The van der Waals surface area contributed by atoms with E-state index in [0.717, 1.165) is 21.9 Å². The van der Waals surface area contributed by atoms with Crippen LogP contribution in [0, 0.1) is 0 Å². The van der Waals surface area contributed by atoms with Crippen LogP contribution in [0.15, 0.2) is 88.7 Å². The summed E-state index contributed by atoms with van der Waals surface area (Å²) in [5, 5.41) is 2.74. The fourth-order valence-corrected chi connectivity index (χ4v) is 3.29. The number of halogens is 3. The maximum Gasteiger partial charge on any atom is 0.416 e. The van der Waals surface area contributed by atoms with Crippen LogP contribution in [0.4, 0.5) is 18.9 Å². The monoisotopic (exact) mass is 403 g/mol.